The molecule has 0 aliphatic rings. The van der Waals surface area contributed by atoms with Crippen molar-refractivity contribution in [1.82, 2.24) is 0 Å². The number of ketones is 1. The van der Waals surface area contributed by atoms with Crippen molar-refractivity contribution in [3.8, 4) is 0 Å². The average molecular weight is 219 g/mol. The van der Waals surface area contributed by atoms with E-state index in [2.05, 4.69) is 13.8 Å². The van der Waals surface area contributed by atoms with E-state index in [-0.39, 0.29) is 5.78 Å². The molecule has 1 aromatic rings. The van der Waals surface area contributed by atoms with Crippen molar-refractivity contribution in [3.63, 3.8) is 0 Å². The lowest BCUT2D eigenvalue weighted by Gasteiger charge is -2.07. The van der Waals surface area contributed by atoms with Gasteiger partial charge in [0.2, 0.25) is 0 Å². The lowest BCUT2D eigenvalue weighted by atomic mass is 9.97. The summed E-state index contributed by atoms with van der Waals surface area (Å²) in [5.74, 6) is 0.713. The first kappa shape index (κ1) is 12.9. The van der Waals surface area contributed by atoms with Gasteiger partial charge in [-0.1, -0.05) is 44.5 Å². The Bertz CT molecular complexity index is 329. The second-order valence-corrected chi connectivity index (χ2v) is 4.38. The SMILES string of the molecule is CCC(C)CC(=O)c1ccc(CCN)cc1. The molecule has 88 valence electrons. The molecule has 1 rings (SSSR count). The molecule has 16 heavy (non-hydrogen) atoms. The summed E-state index contributed by atoms with van der Waals surface area (Å²) >= 11 is 0. The van der Waals surface area contributed by atoms with Crippen LogP contribution in [0.3, 0.4) is 0 Å². The second-order valence-electron chi connectivity index (χ2n) is 4.38. The minimum absolute atomic E-state index is 0.244. The first-order chi connectivity index (χ1) is 7.67. The van der Waals surface area contributed by atoms with Gasteiger partial charge in [0.05, 0.1) is 0 Å². The molecule has 2 heteroatoms. The number of Topliss-reactive ketones (excluding diaryl/α,β-unsaturated/α-hetero) is 1. The smallest absolute Gasteiger partial charge is 0.163 e. The highest BCUT2D eigenvalue weighted by molar-refractivity contribution is 5.96. The van der Waals surface area contributed by atoms with Crippen molar-refractivity contribution in [3.05, 3.63) is 35.4 Å². The van der Waals surface area contributed by atoms with Gasteiger partial charge < -0.3 is 5.73 Å². The van der Waals surface area contributed by atoms with Crippen LogP contribution >= 0.6 is 0 Å². The molecule has 0 amide bonds. The highest BCUT2D eigenvalue weighted by Gasteiger charge is 2.09. The van der Waals surface area contributed by atoms with Crippen LogP contribution in [0, 0.1) is 5.92 Å². The zero-order valence-electron chi connectivity index (χ0n) is 10.2. The second kappa shape index (κ2) is 6.44. The number of carbonyl (C=O) groups excluding carboxylic acids is 1. The molecule has 0 saturated heterocycles. The van der Waals surface area contributed by atoms with Crippen LogP contribution < -0.4 is 5.73 Å². The Kier molecular flexibility index (Phi) is 5.20. The van der Waals surface area contributed by atoms with E-state index in [9.17, 15) is 4.79 Å². The fourth-order valence-electron chi connectivity index (χ4n) is 1.60. The first-order valence-electron chi connectivity index (χ1n) is 5.99. The summed E-state index contributed by atoms with van der Waals surface area (Å²) in [6.45, 7) is 4.88. The molecule has 1 unspecified atom stereocenters. The number of hydrogen-bond donors (Lipinski definition) is 1. The predicted octanol–water partition coefficient (Wildman–Crippen LogP) is 2.81. The molecular weight excluding hydrogens is 198 g/mol. The largest absolute Gasteiger partial charge is 0.330 e. The Balaban J connectivity index is 2.63. The van der Waals surface area contributed by atoms with Gasteiger partial charge in [-0.25, -0.2) is 0 Å². The van der Waals surface area contributed by atoms with Gasteiger partial charge >= 0.3 is 0 Å². The fourth-order valence-corrected chi connectivity index (χ4v) is 1.60. The highest BCUT2D eigenvalue weighted by atomic mass is 16.1. The Hall–Kier alpha value is -1.15. The topological polar surface area (TPSA) is 43.1 Å². The normalized spacial score (nSPS) is 12.4. The van der Waals surface area contributed by atoms with E-state index in [0.717, 1.165) is 18.4 Å². The van der Waals surface area contributed by atoms with Crippen molar-refractivity contribution >= 4 is 5.78 Å². The standard InChI is InChI=1S/C14H21NO/c1-3-11(2)10-14(16)13-6-4-12(5-7-13)8-9-15/h4-7,11H,3,8-10,15H2,1-2H3. The van der Waals surface area contributed by atoms with Crippen LogP contribution in [0.1, 0.15) is 42.6 Å². The fraction of sp³-hybridized carbons (Fsp3) is 0.500. The minimum atomic E-state index is 0.244. The van der Waals surface area contributed by atoms with Crippen LogP contribution in [0.4, 0.5) is 0 Å². The first-order valence-corrected chi connectivity index (χ1v) is 5.99. The average Bonchev–Trinajstić information content (AvgIpc) is 2.30. The molecule has 0 saturated carbocycles. The molecular formula is C14H21NO. The van der Waals surface area contributed by atoms with Crippen LogP contribution in [0.25, 0.3) is 0 Å². The zero-order chi connectivity index (χ0) is 12.0. The third kappa shape index (κ3) is 3.78. The maximum atomic E-state index is 11.9. The Labute approximate surface area is 97.9 Å². The van der Waals surface area contributed by atoms with Crippen LogP contribution in [-0.2, 0) is 6.42 Å². The quantitative estimate of drug-likeness (QED) is 0.748. The minimum Gasteiger partial charge on any atom is -0.330 e. The molecule has 0 spiro atoms. The zero-order valence-corrected chi connectivity index (χ0v) is 10.2. The van der Waals surface area contributed by atoms with E-state index < -0.39 is 0 Å². The van der Waals surface area contributed by atoms with Gasteiger partial charge in [-0.3, -0.25) is 4.79 Å². The summed E-state index contributed by atoms with van der Waals surface area (Å²) in [6, 6.07) is 7.82. The van der Waals surface area contributed by atoms with E-state index in [1.165, 1.54) is 5.56 Å². The van der Waals surface area contributed by atoms with Gasteiger partial charge in [-0.15, -0.1) is 0 Å². The number of nitrogens with two attached hydrogens (primary N) is 1. The molecule has 0 fully saturated rings. The summed E-state index contributed by atoms with van der Waals surface area (Å²) in [4.78, 5) is 11.9. The van der Waals surface area contributed by atoms with Crippen LogP contribution in [0.2, 0.25) is 0 Å². The lowest BCUT2D eigenvalue weighted by Crippen LogP contribution is -2.06. The van der Waals surface area contributed by atoms with E-state index in [1.54, 1.807) is 0 Å². The maximum absolute atomic E-state index is 11.9. The van der Waals surface area contributed by atoms with Crippen molar-refractivity contribution in [1.29, 1.82) is 0 Å². The van der Waals surface area contributed by atoms with Gasteiger partial charge in [0, 0.05) is 12.0 Å². The highest BCUT2D eigenvalue weighted by Crippen LogP contribution is 2.13. The van der Waals surface area contributed by atoms with Gasteiger partial charge in [-0.2, -0.15) is 0 Å². The van der Waals surface area contributed by atoms with Gasteiger partial charge in [-0.05, 0) is 24.4 Å². The number of rotatable bonds is 6. The molecule has 0 radical (unpaired) electrons. The van der Waals surface area contributed by atoms with Crippen LogP contribution in [0.5, 0.6) is 0 Å². The lowest BCUT2D eigenvalue weighted by molar-refractivity contribution is 0.0963. The van der Waals surface area contributed by atoms with E-state index in [1.807, 2.05) is 24.3 Å². The molecule has 0 bridgehead atoms. The van der Waals surface area contributed by atoms with Crippen molar-refractivity contribution in [2.45, 2.75) is 33.1 Å². The van der Waals surface area contributed by atoms with Gasteiger partial charge in [0.15, 0.2) is 5.78 Å². The molecule has 1 atom stereocenters. The summed E-state index contributed by atoms with van der Waals surface area (Å²) < 4.78 is 0. The summed E-state index contributed by atoms with van der Waals surface area (Å²) in [5, 5.41) is 0. The molecule has 2 nitrogen and oxygen atoms in total. The maximum Gasteiger partial charge on any atom is 0.163 e. The third-order valence-corrected chi connectivity index (χ3v) is 2.94. The third-order valence-electron chi connectivity index (χ3n) is 2.94. The Morgan fingerprint density at radius 1 is 1.31 bits per heavy atom. The van der Waals surface area contributed by atoms with Crippen LogP contribution in [-0.4, -0.2) is 12.3 Å². The molecule has 0 aliphatic heterocycles. The molecule has 0 heterocycles. The van der Waals surface area contributed by atoms with Crippen molar-refractivity contribution in [2.24, 2.45) is 11.7 Å². The number of carbonyl (C=O) groups is 1. The van der Waals surface area contributed by atoms with Gasteiger partial charge in [0.25, 0.3) is 0 Å². The van der Waals surface area contributed by atoms with E-state index in [4.69, 9.17) is 5.73 Å². The number of benzene rings is 1. The predicted molar refractivity (Wildman–Crippen MR) is 67.6 cm³/mol. The summed E-state index contributed by atoms with van der Waals surface area (Å²) in [6.07, 6.45) is 2.57. The van der Waals surface area contributed by atoms with Crippen molar-refractivity contribution in [2.75, 3.05) is 6.54 Å². The van der Waals surface area contributed by atoms with E-state index in [0.29, 0.717) is 18.9 Å². The molecule has 2 N–H and O–H groups in total. The molecule has 0 aromatic heterocycles. The Morgan fingerprint density at radius 2 is 1.94 bits per heavy atom. The van der Waals surface area contributed by atoms with Crippen molar-refractivity contribution < 1.29 is 4.79 Å². The number of hydrogen-bond acceptors (Lipinski definition) is 2. The van der Waals surface area contributed by atoms with E-state index >= 15 is 0 Å². The summed E-state index contributed by atoms with van der Waals surface area (Å²) in [7, 11) is 0. The Morgan fingerprint density at radius 3 is 2.44 bits per heavy atom. The van der Waals surface area contributed by atoms with Gasteiger partial charge in [0.1, 0.15) is 0 Å². The molecule has 0 aliphatic carbocycles. The van der Waals surface area contributed by atoms with Crippen LogP contribution in [0.15, 0.2) is 24.3 Å². The monoisotopic (exact) mass is 219 g/mol. The molecule has 1 aromatic carbocycles. The summed E-state index contributed by atoms with van der Waals surface area (Å²) in [5.41, 5.74) is 7.49.